The molecule has 35 heavy (non-hydrogen) atoms. The molecule has 0 spiro atoms. The van der Waals surface area contributed by atoms with Gasteiger partial charge in [-0.1, -0.05) is 18.2 Å². The van der Waals surface area contributed by atoms with E-state index in [1.54, 1.807) is 66.7 Å². The molecular formula is C24H17F3N6O2. The van der Waals surface area contributed by atoms with E-state index in [-0.39, 0.29) is 11.7 Å². The van der Waals surface area contributed by atoms with Gasteiger partial charge in [-0.15, -0.1) is 4.91 Å². The number of anilines is 3. The summed E-state index contributed by atoms with van der Waals surface area (Å²) in [5.41, 5.74) is 7.17. The summed E-state index contributed by atoms with van der Waals surface area (Å²) in [7, 11) is 0. The van der Waals surface area contributed by atoms with E-state index in [9.17, 15) is 18.1 Å². The average molecular weight is 478 g/mol. The highest BCUT2D eigenvalue weighted by atomic mass is 19.4. The second kappa shape index (κ2) is 10.00. The molecule has 3 N–H and O–H groups in total. The number of nitroso groups, excluding NO2 is 1. The first kappa shape index (κ1) is 23.4. The molecule has 0 amide bonds. The summed E-state index contributed by atoms with van der Waals surface area (Å²) in [6, 6.07) is 17.1. The van der Waals surface area contributed by atoms with Crippen LogP contribution < -0.4 is 15.8 Å². The van der Waals surface area contributed by atoms with Crippen LogP contribution in [0, 0.1) is 4.91 Å². The van der Waals surface area contributed by atoms with Crippen LogP contribution in [0.3, 0.4) is 0 Å². The van der Waals surface area contributed by atoms with Gasteiger partial charge in [0.25, 0.3) is 0 Å². The summed E-state index contributed by atoms with van der Waals surface area (Å²) >= 11 is 0. The third-order valence-corrected chi connectivity index (χ3v) is 4.59. The Hall–Kier alpha value is -4.80. The molecule has 0 unspecified atom stereocenters. The SMILES string of the molecule is Nc1nc(/C=C/c2ccc(N=O)cc2)cc(Nc2ccc(Oc3ccnc(C(F)(F)F)c3)cc2)n1. The van der Waals surface area contributed by atoms with Crippen molar-refractivity contribution >= 4 is 35.3 Å². The zero-order valence-corrected chi connectivity index (χ0v) is 17.9. The van der Waals surface area contributed by atoms with Crippen LogP contribution in [0.2, 0.25) is 0 Å². The molecule has 0 aliphatic carbocycles. The Morgan fingerprint density at radius 1 is 0.914 bits per heavy atom. The number of ether oxygens (including phenoxy) is 1. The summed E-state index contributed by atoms with van der Waals surface area (Å²) in [5.74, 6) is 0.866. The number of nitrogens with two attached hydrogens (primary N) is 1. The third kappa shape index (κ3) is 6.38. The molecule has 2 heterocycles. The lowest BCUT2D eigenvalue weighted by Gasteiger charge is -2.10. The maximum Gasteiger partial charge on any atom is 0.433 e. The average Bonchev–Trinajstić information content (AvgIpc) is 2.84. The van der Waals surface area contributed by atoms with Crippen molar-refractivity contribution < 1.29 is 17.9 Å². The molecule has 176 valence electrons. The summed E-state index contributed by atoms with van der Waals surface area (Å²) in [4.78, 5) is 22.2. The van der Waals surface area contributed by atoms with Crippen LogP contribution >= 0.6 is 0 Å². The number of hydrogen-bond donors (Lipinski definition) is 2. The molecule has 0 atom stereocenters. The van der Waals surface area contributed by atoms with Gasteiger partial charge in [0.15, 0.2) is 0 Å². The van der Waals surface area contributed by atoms with Crippen molar-refractivity contribution in [1.29, 1.82) is 0 Å². The minimum atomic E-state index is -4.56. The Bertz CT molecular complexity index is 1360. The Kier molecular flexibility index (Phi) is 6.67. The van der Waals surface area contributed by atoms with E-state index in [4.69, 9.17) is 10.5 Å². The Morgan fingerprint density at radius 3 is 2.34 bits per heavy atom. The van der Waals surface area contributed by atoms with Crippen LogP contribution in [0.5, 0.6) is 11.5 Å². The molecule has 0 aliphatic heterocycles. The van der Waals surface area contributed by atoms with E-state index in [0.717, 1.165) is 17.8 Å². The van der Waals surface area contributed by atoms with Gasteiger partial charge in [-0.25, -0.2) is 4.98 Å². The Balaban J connectivity index is 1.44. The fraction of sp³-hybridized carbons (Fsp3) is 0.0417. The number of rotatable bonds is 7. The van der Waals surface area contributed by atoms with Crippen LogP contribution in [-0.4, -0.2) is 15.0 Å². The van der Waals surface area contributed by atoms with Gasteiger partial charge in [0.1, 0.15) is 28.7 Å². The van der Waals surface area contributed by atoms with Crippen molar-refractivity contribution in [2.24, 2.45) is 5.18 Å². The van der Waals surface area contributed by atoms with Crippen molar-refractivity contribution in [2.75, 3.05) is 11.1 Å². The fourth-order valence-corrected chi connectivity index (χ4v) is 2.98. The summed E-state index contributed by atoms with van der Waals surface area (Å²) in [6.07, 6.45) is 0.0269. The predicted molar refractivity (Wildman–Crippen MR) is 126 cm³/mol. The van der Waals surface area contributed by atoms with E-state index in [2.05, 4.69) is 25.4 Å². The number of benzene rings is 2. The topological polar surface area (TPSA) is 115 Å². The molecule has 4 rings (SSSR count). The number of halogens is 3. The van der Waals surface area contributed by atoms with E-state index in [1.165, 1.54) is 6.07 Å². The number of aromatic nitrogens is 3. The van der Waals surface area contributed by atoms with Crippen LogP contribution in [0.1, 0.15) is 17.0 Å². The van der Waals surface area contributed by atoms with Gasteiger partial charge in [-0.05, 0) is 59.3 Å². The quantitative estimate of drug-likeness (QED) is 0.288. The molecule has 11 heteroatoms. The van der Waals surface area contributed by atoms with Crippen molar-refractivity contribution in [3.05, 3.63) is 94.8 Å². The normalized spacial score (nSPS) is 11.4. The van der Waals surface area contributed by atoms with Crippen LogP contribution in [0.4, 0.5) is 36.3 Å². The lowest BCUT2D eigenvalue weighted by Crippen LogP contribution is -2.07. The highest BCUT2D eigenvalue weighted by molar-refractivity contribution is 5.71. The molecule has 0 bridgehead atoms. The predicted octanol–water partition coefficient (Wildman–Crippen LogP) is 6.58. The molecular weight excluding hydrogens is 461 g/mol. The monoisotopic (exact) mass is 478 g/mol. The number of nitrogens with one attached hydrogen (secondary N) is 1. The molecule has 0 saturated heterocycles. The van der Waals surface area contributed by atoms with Gasteiger partial charge in [-0.2, -0.15) is 18.2 Å². The molecule has 4 aromatic rings. The maximum absolute atomic E-state index is 12.8. The van der Waals surface area contributed by atoms with Crippen molar-refractivity contribution in [2.45, 2.75) is 6.18 Å². The summed E-state index contributed by atoms with van der Waals surface area (Å²) in [6.45, 7) is 0. The molecule has 0 saturated carbocycles. The molecule has 0 aliphatic rings. The van der Waals surface area contributed by atoms with E-state index < -0.39 is 11.9 Å². The zero-order chi connectivity index (χ0) is 24.8. The van der Waals surface area contributed by atoms with Crippen molar-refractivity contribution in [1.82, 2.24) is 15.0 Å². The lowest BCUT2D eigenvalue weighted by molar-refractivity contribution is -0.141. The minimum Gasteiger partial charge on any atom is -0.457 e. The smallest absolute Gasteiger partial charge is 0.433 e. The molecule has 0 radical (unpaired) electrons. The van der Waals surface area contributed by atoms with Crippen molar-refractivity contribution in [3.8, 4) is 11.5 Å². The zero-order valence-electron chi connectivity index (χ0n) is 17.9. The van der Waals surface area contributed by atoms with Gasteiger partial charge >= 0.3 is 6.18 Å². The Morgan fingerprint density at radius 2 is 1.66 bits per heavy atom. The van der Waals surface area contributed by atoms with E-state index in [0.29, 0.717) is 28.6 Å². The first-order valence-electron chi connectivity index (χ1n) is 10.1. The third-order valence-electron chi connectivity index (χ3n) is 4.59. The maximum atomic E-state index is 12.8. The second-order valence-corrected chi connectivity index (χ2v) is 7.18. The van der Waals surface area contributed by atoms with Crippen molar-refractivity contribution in [3.63, 3.8) is 0 Å². The largest absolute Gasteiger partial charge is 0.457 e. The number of hydrogen-bond acceptors (Lipinski definition) is 8. The minimum absolute atomic E-state index is 0.0186. The Labute approximate surface area is 197 Å². The second-order valence-electron chi connectivity index (χ2n) is 7.18. The highest BCUT2D eigenvalue weighted by Gasteiger charge is 2.32. The van der Waals surface area contributed by atoms with Gasteiger partial charge < -0.3 is 15.8 Å². The summed E-state index contributed by atoms with van der Waals surface area (Å²) in [5, 5.41) is 5.95. The van der Waals surface area contributed by atoms with Crippen LogP contribution in [0.15, 0.2) is 78.1 Å². The van der Waals surface area contributed by atoms with Gasteiger partial charge in [0.05, 0.1) is 5.69 Å². The molecule has 2 aromatic heterocycles. The molecule has 8 nitrogen and oxygen atoms in total. The number of nitrogen functional groups attached to an aromatic ring is 1. The van der Waals surface area contributed by atoms with Crippen LogP contribution in [0.25, 0.3) is 12.2 Å². The van der Waals surface area contributed by atoms with E-state index >= 15 is 0 Å². The highest BCUT2D eigenvalue weighted by Crippen LogP contribution is 2.31. The first-order valence-corrected chi connectivity index (χ1v) is 10.1. The van der Waals surface area contributed by atoms with Crippen LogP contribution in [-0.2, 0) is 6.18 Å². The number of pyridine rings is 1. The lowest BCUT2D eigenvalue weighted by atomic mass is 10.2. The summed E-state index contributed by atoms with van der Waals surface area (Å²) < 4.78 is 44.0. The van der Waals surface area contributed by atoms with Gasteiger partial charge in [0.2, 0.25) is 5.95 Å². The molecule has 0 fully saturated rings. The number of nitrogens with zero attached hydrogens (tertiary/aromatic N) is 4. The first-order chi connectivity index (χ1) is 16.8. The van der Waals surface area contributed by atoms with E-state index in [1.807, 2.05) is 0 Å². The number of alkyl halides is 3. The standard InChI is InChI=1S/C24H17F3N6O2/c25-24(26,27)21-14-20(11-12-29-21)35-19-9-7-16(8-10-19)30-22-13-18(31-23(28)32-22)6-3-15-1-4-17(33-34)5-2-15/h1-14H,(H3,28,30,31,32)/b6-3+. The van der Waals surface area contributed by atoms with Gasteiger partial charge in [-0.3, -0.25) is 4.98 Å². The molecule has 2 aromatic carbocycles. The fourth-order valence-electron chi connectivity index (χ4n) is 2.98. The van der Waals surface area contributed by atoms with Gasteiger partial charge in [0, 0.05) is 24.0 Å².